The van der Waals surface area contributed by atoms with E-state index >= 15 is 0 Å². The number of Topliss-reactive ketones (excluding diaryl/α,β-unsaturated/α-hetero) is 1. The van der Waals surface area contributed by atoms with E-state index in [1.165, 1.54) is 13.3 Å². The molecule has 4 rings (SSSR count). The number of ether oxygens (including phenoxy) is 1. The molecule has 0 atom stereocenters. The molecule has 9 nitrogen and oxygen atoms in total. The van der Waals surface area contributed by atoms with Gasteiger partial charge in [-0.2, -0.15) is 5.10 Å². The van der Waals surface area contributed by atoms with Crippen LogP contribution in [0.1, 0.15) is 53.1 Å². The Labute approximate surface area is 196 Å². The fourth-order valence-corrected chi connectivity index (χ4v) is 3.40. The van der Waals surface area contributed by atoms with Gasteiger partial charge < -0.3 is 18.9 Å². The number of anilines is 1. The fourth-order valence-electron chi connectivity index (χ4n) is 3.40. The number of oxazole rings is 1. The Morgan fingerprint density at radius 2 is 2.03 bits per heavy atom. The molecule has 3 aromatic heterocycles. The van der Waals surface area contributed by atoms with Crippen LogP contribution >= 0.6 is 0 Å². The predicted molar refractivity (Wildman–Crippen MR) is 125 cm³/mol. The topological polar surface area (TPSA) is 112 Å². The van der Waals surface area contributed by atoms with Gasteiger partial charge in [-0.3, -0.25) is 14.3 Å². The molecule has 1 aromatic carbocycles. The summed E-state index contributed by atoms with van der Waals surface area (Å²) in [5.74, 6) is 1.05. The maximum Gasteiger partial charge on any atom is 0.279 e. The van der Waals surface area contributed by atoms with Gasteiger partial charge in [-0.15, -0.1) is 0 Å². The van der Waals surface area contributed by atoms with Crippen molar-refractivity contribution in [1.82, 2.24) is 14.8 Å². The second-order valence-electron chi connectivity index (χ2n) is 8.07. The van der Waals surface area contributed by atoms with Gasteiger partial charge >= 0.3 is 0 Å². The van der Waals surface area contributed by atoms with Gasteiger partial charge in [0.15, 0.2) is 35.2 Å². The van der Waals surface area contributed by atoms with Crippen molar-refractivity contribution in [2.75, 3.05) is 11.9 Å². The average molecular weight is 463 g/mol. The SMILES string of the molecule is CC(=O)c1ccc(Cn2ccc(NC(=O)c3ncoc3-c3cccc(CCOC(C)C)c3)n2)o1. The van der Waals surface area contributed by atoms with Crippen molar-refractivity contribution in [2.45, 2.75) is 39.8 Å². The van der Waals surface area contributed by atoms with Gasteiger partial charge in [0, 0.05) is 24.8 Å². The minimum absolute atomic E-state index is 0.141. The number of benzene rings is 1. The molecule has 0 saturated heterocycles. The van der Waals surface area contributed by atoms with E-state index in [1.54, 1.807) is 29.1 Å². The zero-order valence-electron chi connectivity index (χ0n) is 19.3. The summed E-state index contributed by atoms with van der Waals surface area (Å²) in [6.45, 7) is 6.38. The molecule has 176 valence electrons. The van der Waals surface area contributed by atoms with Crippen molar-refractivity contribution >= 4 is 17.5 Å². The molecule has 0 fully saturated rings. The summed E-state index contributed by atoms with van der Waals surface area (Å²) in [5, 5.41) is 7.09. The third-order valence-corrected chi connectivity index (χ3v) is 5.02. The van der Waals surface area contributed by atoms with Crippen LogP contribution in [0, 0.1) is 0 Å². The monoisotopic (exact) mass is 462 g/mol. The van der Waals surface area contributed by atoms with E-state index in [0.717, 1.165) is 17.5 Å². The summed E-state index contributed by atoms with van der Waals surface area (Å²) in [7, 11) is 0. The number of furan rings is 1. The van der Waals surface area contributed by atoms with Gasteiger partial charge in [0.25, 0.3) is 5.91 Å². The van der Waals surface area contributed by atoms with Gasteiger partial charge in [0.05, 0.1) is 19.3 Å². The fraction of sp³-hybridized carbons (Fsp3) is 0.280. The second-order valence-corrected chi connectivity index (χ2v) is 8.07. The normalized spacial score (nSPS) is 11.2. The summed E-state index contributed by atoms with van der Waals surface area (Å²) in [4.78, 5) is 28.4. The van der Waals surface area contributed by atoms with Crippen LogP contribution in [0.3, 0.4) is 0 Å². The van der Waals surface area contributed by atoms with Crippen molar-refractivity contribution in [3.8, 4) is 11.3 Å². The van der Waals surface area contributed by atoms with Gasteiger partial charge in [-0.1, -0.05) is 18.2 Å². The lowest BCUT2D eigenvalue weighted by Gasteiger charge is -2.08. The van der Waals surface area contributed by atoms with E-state index in [1.807, 2.05) is 38.1 Å². The van der Waals surface area contributed by atoms with E-state index < -0.39 is 5.91 Å². The van der Waals surface area contributed by atoms with Crippen LogP contribution in [0.15, 0.2) is 63.9 Å². The van der Waals surface area contributed by atoms with Crippen LogP contribution in [0.4, 0.5) is 5.82 Å². The number of nitrogens with zero attached hydrogens (tertiary/aromatic N) is 3. The molecule has 0 aliphatic carbocycles. The summed E-state index contributed by atoms with van der Waals surface area (Å²) in [6, 6.07) is 12.8. The van der Waals surface area contributed by atoms with Crippen LogP contribution in [-0.4, -0.2) is 39.2 Å². The van der Waals surface area contributed by atoms with Crippen molar-refractivity contribution < 1.29 is 23.2 Å². The molecular formula is C25H26N4O5. The minimum Gasteiger partial charge on any atom is -0.456 e. The zero-order chi connectivity index (χ0) is 24.1. The number of nitrogens with one attached hydrogen (secondary N) is 1. The van der Waals surface area contributed by atoms with Gasteiger partial charge in [-0.05, 0) is 44.0 Å². The lowest BCUT2D eigenvalue weighted by atomic mass is 10.1. The van der Waals surface area contributed by atoms with Crippen molar-refractivity contribution in [3.05, 3.63) is 77.8 Å². The standard InChI is InChI=1S/C25H26N4O5/c1-16(2)32-12-10-18-5-4-6-19(13-18)24-23(26-15-33-24)25(31)27-22-9-11-29(28-22)14-20-7-8-21(34-20)17(3)30/h4-9,11,13,15-16H,10,12,14H2,1-3H3,(H,27,28,31). The van der Waals surface area contributed by atoms with Crippen molar-refractivity contribution in [1.29, 1.82) is 0 Å². The Morgan fingerprint density at radius 1 is 1.18 bits per heavy atom. The number of ketones is 1. The third kappa shape index (κ3) is 5.68. The lowest BCUT2D eigenvalue weighted by molar-refractivity contribution is 0.0813. The van der Waals surface area contributed by atoms with E-state index in [4.69, 9.17) is 13.6 Å². The average Bonchev–Trinajstić information content (AvgIpc) is 3.55. The first-order chi connectivity index (χ1) is 16.4. The number of rotatable bonds is 10. The molecule has 0 aliphatic rings. The molecule has 0 bridgehead atoms. The molecule has 0 saturated carbocycles. The zero-order valence-corrected chi connectivity index (χ0v) is 19.3. The smallest absolute Gasteiger partial charge is 0.279 e. The molecule has 1 N–H and O–H groups in total. The quantitative estimate of drug-likeness (QED) is 0.343. The first-order valence-electron chi connectivity index (χ1n) is 11.0. The summed E-state index contributed by atoms with van der Waals surface area (Å²) >= 11 is 0. The summed E-state index contributed by atoms with van der Waals surface area (Å²) < 4.78 is 18.3. The lowest BCUT2D eigenvalue weighted by Crippen LogP contribution is -2.14. The molecule has 9 heteroatoms. The van der Waals surface area contributed by atoms with E-state index in [0.29, 0.717) is 36.3 Å². The molecule has 3 heterocycles. The Balaban J connectivity index is 1.42. The minimum atomic E-state index is -0.431. The number of carbonyl (C=O) groups excluding carboxylic acids is 2. The number of hydrogen-bond donors (Lipinski definition) is 1. The molecule has 34 heavy (non-hydrogen) atoms. The van der Waals surface area contributed by atoms with E-state index in [9.17, 15) is 9.59 Å². The van der Waals surface area contributed by atoms with E-state index in [2.05, 4.69) is 15.4 Å². The molecule has 4 aromatic rings. The van der Waals surface area contributed by atoms with Gasteiger partial charge in [-0.25, -0.2) is 4.98 Å². The highest BCUT2D eigenvalue weighted by molar-refractivity contribution is 6.05. The second kappa shape index (κ2) is 10.3. The molecular weight excluding hydrogens is 436 g/mol. The molecule has 0 aliphatic heterocycles. The Morgan fingerprint density at radius 3 is 2.79 bits per heavy atom. The molecule has 0 radical (unpaired) electrons. The number of carbonyl (C=O) groups is 2. The molecule has 1 amide bonds. The van der Waals surface area contributed by atoms with Crippen LogP contribution < -0.4 is 5.32 Å². The number of hydrogen-bond acceptors (Lipinski definition) is 7. The first kappa shape index (κ1) is 23.2. The molecule has 0 unspecified atom stereocenters. The highest BCUT2D eigenvalue weighted by atomic mass is 16.5. The Kier molecular flexibility index (Phi) is 7.03. The van der Waals surface area contributed by atoms with Crippen molar-refractivity contribution in [2.24, 2.45) is 0 Å². The highest BCUT2D eigenvalue weighted by Crippen LogP contribution is 2.25. The van der Waals surface area contributed by atoms with Gasteiger partial charge in [0.1, 0.15) is 5.76 Å². The summed E-state index contributed by atoms with van der Waals surface area (Å²) in [6.07, 6.45) is 3.88. The Bertz CT molecular complexity index is 1280. The Hall–Kier alpha value is -3.98. The number of aromatic nitrogens is 3. The number of amides is 1. The summed E-state index contributed by atoms with van der Waals surface area (Å²) in [5.41, 5.74) is 2.00. The maximum atomic E-state index is 12.9. The highest BCUT2D eigenvalue weighted by Gasteiger charge is 2.20. The van der Waals surface area contributed by atoms with Crippen molar-refractivity contribution in [3.63, 3.8) is 0 Å². The van der Waals surface area contributed by atoms with Crippen LogP contribution in [-0.2, 0) is 17.7 Å². The van der Waals surface area contributed by atoms with Crippen LogP contribution in [0.2, 0.25) is 0 Å². The van der Waals surface area contributed by atoms with E-state index in [-0.39, 0.29) is 17.6 Å². The first-order valence-corrected chi connectivity index (χ1v) is 11.0. The third-order valence-electron chi connectivity index (χ3n) is 5.02. The van der Waals surface area contributed by atoms with Crippen LogP contribution in [0.25, 0.3) is 11.3 Å². The predicted octanol–water partition coefficient (Wildman–Crippen LogP) is 4.60. The largest absolute Gasteiger partial charge is 0.456 e. The van der Waals surface area contributed by atoms with Gasteiger partial charge in [0.2, 0.25) is 0 Å². The van der Waals surface area contributed by atoms with Crippen LogP contribution in [0.5, 0.6) is 0 Å². The maximum absolute atomic E-state index is 12.9. The molecule has 0 spiro atoms.